The zero-order chi connectivity index (χ0) is 11.2. The van der Waals surface area contributed by atoms with Gasteiger partial charge in [-0.3, -0.25) is 0 Å². The van der Waals surface area contributed by atoms with Crippen LogP contribution in [0, 0.1) is 5.92 Å². The molecule has 0 aromatic carbocycles. The first-order valence-corrected chi connectivity index (χ1v) is 4.76. The number of likely N-dealkylation sites (N-methyl/N-ethyl adjacent to an activating group) is 1. The van der Waals surface area contributed by atoms with Crippen molar-refractivity contribution in [3.63, 3.8) is 0 Å². The van der Waals surface area contributed by atoms with Gasteiger partial charge in [0, 0.05) is 6.54 Å². The van der Waals surface area contributed by atoms with Crippen molar-refractivity contribution in [2.45, 2.75) is 33.1 Å². The number of rotatable bonds is 6. The van der Waals surface area contributed by atoms with E-state index in [0.717, 1.165) is 6.54 Å². The maximum Gasteiger partial charge on any atom is 0.411 e. The lowest BCUT2D eigenvalue weighted by molar-refractivity contribution is -0.188. The number of ether oxygens (including phenoxy) is 1. The molecule has 0 aliphatic heterocycles. The number of halogens is 3. The van der Waals surface area contributed by atoms with E-state index in [9.17, 15) is 13.2 Å². The number of hydrogen-bond donors (Lipinski definition) is 1. The Hall–Kier alpha value is -0.290. The third kappa shape index (κ3) is 7.15. The van der Waals surface area contributed by atoms with Gasteiger partial charge in [-0.1, -0.05) is 20.8 Å². The highest BCUT2D eigenvalue weighted by Gasteiger charge is 2.29. The van der Waals surface area contributed by atoms with E-state index in [1.165, 1.54) is 0 Å². The van der Waals surface area contributed by atoms with Gasteiger partial charge < -0.3 is 10.1 Å². The Morgan fingerprint density at radius 1 is 1.29 bits per heavy atom. The van der Waals surface area contributed by atoms with E-state index in [2.05, 4.69) is 5.32 Å². The molecule has 86 valence electrons. The maximum absolute atomic E-state index is 11.9. The molecule has 0 rings (SSSR count). The average molecular weight is 213 g/mol. The molecule has 0 radical (unpaired) electrons. The topological polar surface area (TPSA) is 21.3 Å². The van der Waals surface area contributed by atoms with Gasteiger partial charge in [-0.2, -0.15) is 13.2 Å². The minimum Gasteiger partial charge on any atom is -0.367 e. The monoisotopic (exact) mass is 213 g/mol. The van der Waals surface area contributed by atoms with E-state index in [1.807, 2.05) is 20.8 Å². The third-order valence-corrected chi connectivity index (χ3v) is 1.80. The Bertz CT molecular complexity index is 147. The van der Waals surface area contributed by atoms with Crippen molar-refractivity contribution in [2.75, 3.05) is 19.7 Å². The van der Waals surface area contributed by atoms with Crippen molar-refractivity contribution in [3.05, 3.63) is 0 Å². The maximum atomic E-state index is 11.9. The fraction of sp³-hybridized carbons (Fsp3) is 1.00. The molecule has 5 heteroatoms. The highest BCUT2D eigenvalue weighted by Crippen LogP contribution is 2.17. The van der Waals surface area contributed by atoms with Gasteiger partial charge in [0.15, 0.2) is 0 Å². The van der Waals surface area contributed by atoms with Crippen molar-refractivity contribution in [1.29, 1.82) is 0 Å². The van der Waals surface area contributed by atoms with Crippen molar-refractivity contribution < 1.29 is 17.9 Å². The summed E-state index contributed by atoms with van der Waals surface area (Å²) in [7, 11) is 0. The summed E-state index contributed by atoms with van der Waals surface area (Å²) in [5, 5.41) is 2.97. The summed E-state index contributed by atoms with van der Waals surface area (Å²) in [5.41, 5.74) is 0. The summed E-state index contributed by atoms with van der Waals surface area (Å²) >= 11 is 0. The second-order valence-electron chi connectivity index (χ2n) is 3.52. The average Bonchev–Trinajstić information content (AvgIpc) is 2.01. The van der Waals surface area contributed by atoms with Crippen LogP contribution in [0.15, 0.2) is 0 Å². The Balaban J connectivity index is 3.85. The SMILES string of the molecule is CCNCC(OCC(F)(F)F)C(C)C. The van der Waals surface area contributed by atoms with Crippen molar-refractivity contribution in [2.24, 2.45) is 5.92 Å². The minimum absolute atomic E-state index is 0.0800. The van der Waals surface area contributed by atoms with E-state index in [1.54, 1.807) is 0 Å². The van der Waals surface area contributed by atoms with Crippen LogP contribution in [0.25, 0.3) is 0 Å². The fourth-order valence-corrected chi connectivity index (χ4v) is 0.975. The molecular weight excluding hydrogens is 195 g/mol. The molecule has 2 nitrogen and oxygen atoms in total. The minimum atomic E-state index is -4.24. The van der Waals surface area contributed by atoms with Crippen LogP contribution >= 0.6 is 0 Å². The number of alkyl halides is 3. The second-order valence-corrected chi connectivity index (χ2v) is 3.52. The van der Waals surface area contributed by atoms with E-state index in [0.29, 0.717) is 6.54 Å². The van der Waals surface area contributed by atoms with Crippen LogP contribution < -0.4 is 5.32 Å². The molecule has 1 unspecified atom stereocenters. The molecule has 0 bridgehead atoms. The van der Waals surface area contributed by atoms with Crippen LogP contribution in [0.4, 0.5) is 13.2 Å². The van der Waals surface area contributed by atoms with Crippen molar-refractivity contribution >= 4 is 0 Å². The highest BCUT2D eigenvalue weighted by molar-refractivity contribution is 4.66. The molecule has 1 N–H and O–H groups in total. The van der Waals surface area contributed by atoms with E-state index < -0.39 is 12.8 Å². The zero-order valence-electron chi connectivity index (χ0n) is 8.82. The van der Waals surface area contributed by atoms with Gasteiger partial charge in [0.05, 0.1) is 6.10 Å². The van der Waals surface area contributed by atoms with Gasteiger partial charge >= 0.3 is 6.18 Å². The Labute approximate surface area is 82.8 Å². The predicted octanol–water partition coefficient (Wildman–Crippen LogP) is 2.20. The van der Waals surface area contributed by atoms with Crippen LogP contribution in [0.5, 0.6) is 0 Å². The lowest BCUT2D eigenvalue weighted by Gasteiger charge is -2.22. The molecule has 0 aromatic heterocycles. The van der Waals surface area contributed by atoms with E-state index >= 15 is 0 Å². The molecule has 0 saturated heterocycles. The summed E-state index contributed by atoms with van der Waals surface area (Å²) in [5.74, 6) is 0.0800. The molecule has 0 aliphatic carbocycles. The molecule has 0 aliphatic rings. The third-order valence-electron chi connectivity index (χ3n) is 1.80. The Kier molecular flexibility index (Phi) is 6.11. The summed E-state index contributed by atoms with van der Waals surface area (Å²) in [4.78, 5) is 0. The normalized spacial score (nSPS) is 14.8. The first-order valence-electron chi connectivity index (χ1n) is 4.76. The van der Waals surface area contributed by atoms with Gasteiger partial charge in [-0.25, -0.2) is 0 Å². The number of nitrogens with one attached hydrogen (secondary N) is 1. The van der Waals surface area contributed by atoms with Crippen LogP contribution in [-0.4, -0.2) is 32.0 Å². The van der Waals surface area contributed by atoms with Crippen LogP contribution in [0.1, 0.15) is 20.8 Å². The smallest absolute Gasteiger partial charge is 0.367 e. The van der Waals surface area contributed by atoms with E-state index in [4.69, 9.17) is 4.74 Å². The van der Waals surface area contributed by atoms with Gasteiger partial charge in [-0.15, -0.1) is 0 Å². The molecule has 0 amide bonds. The quantitative estimate of drug-likeness (QED) is 0.730. The molecule has 0 saturated carbocycles. The van der Waals surface area contributed by atoms with Crippen molar-refractivity contribution in [3.8, 4) is 0 Å². The first kappa shape index (κ1) is 13.7. The molecule has 0 heterocycles. The molecular formula is C9H18F3NO. The molecule has 1 atom stereocenters. The van der Waals surface area contributed by atoms with Crippen LogP contribution in [-0.2, 0) is 4.74 Å². The standard InChI is InChI=1S/C9H18F3NO/c1-4-13-5-8(7(2)3)14-6-9(10,11)12/h7-8,13H,4-6H2,1-3H3. The van der Waals surface area contributed by atoms with Crippen LogP contribution in [0.3, 0.4) is 0 Å². The zero-order valence-corrected chi connectivity index (χ0v) is 8.82. The summed E-state index contributed by atoms with van der Waals surface area (Å²) in [6.07, 6.45) is -4.61. The van der Waals surface area contributed by atoms with Crippen LogP contribution in [0.2, 0.25) is 0 Å². The van der Waals surface area contributed by atoms with Crippen molar-refractivity contribution in [1.82, 2.24) is 5.32 Å². The van der Waals surface area contributed by atoms with Gasteiger partial charge in [0.1, 0.15) is 6.61 Å². The molecule has 14 heavy (non-hydrogen) atoms. The lowest BCUT2D eigenvalue weighted by Crippen LogP contribution is -2.35. The number of hydrogen-bond acceptors (Lipinski definition) is 2. The predicted molar refractivity (Wildman–Crippen MR) is 49.2 cm³/mol. The van der Waals surface area contributed by atoms with Gasteiger partial charge in [-0.05, 0) is 12.5 Å². The largest absolute Gasteiger partial charge is 0.411 e. The second kappa shape index (κ2) is 6.24. The van der Waals surface area contributed by atoms with Gasteiger partial charge in [0.2, 0.25) is 0 Å². The highest BCUT2D eigenvalue weighted by atomic mass is 19.4. The molecule has 0 aromatic rings. The summed E-state index contributed by atoms with van der Waals surface area (Å²) < 4.78 is 40.4. The summed E-state index contributed by atoms with van der Waals surface area (Å²) in [6.45, 7) is 5.63. The Morgan fingerprint density at radius 3 is 2.21 bits per heavy atom. The Morgan fingerprint density at radius 2 is 1.86 bits per heavy atom. The molecule has 0 spiro atoms. The van der Waals surface area contributed by atoms with E-state index in [-0.39, 0.29) is 12.0 Å². The molecule has 0 fully saturated rings. The first-order chi connectivity index (χ1) is 6.37. The van der Waals surface area contributed by atoms with Gasteiger partial charge in [0.25, 0.3) is 0 Å². The lowest BCUT2D eigenvalue weighted by atomic mass is 10.1. The fourth-order valence-electron chi connectivity index (χ4n) is 0.975. The summed E-state index contributed by atoms with van der Waals surface area (Å²) in [6, 6.07) is 0.